The molecule has 2 aliphatic rings. The number of alkyl halides is 1. The zero-order chi connectivity index (χ0) is 17.6. The normalized spacial score (nSPS) is 19.5. The van der Waals surface area contributed by atoms with Gasteiger partial charge in [0, 0.05) is 30.5 Å². The van der Waals surface area contributed by atoms with Crippen molar-refractivity contribution in [2.45, 2.75) is 31.8 Å². The van der Waals surface area contributed by atoms with E-state index < -0.39 is 0 Å². The number of nitrogens with zero attached hydrogens (tertiary/aromatic N) is 4. The van der Waals surface area contributed by atoms with Crippen LogP contribution in [0.4, 0.5) is 17.5 Å². The SMILES string of the molecule is N#Cc1c(N2CCCCC2)nc(N)c2c(N)nc3c(c12)C[C@H](CCl)O3. The van der Waals surface area contributed by atoms with E-state index in [0.717, 1.165) is 31.5 Å². The van der Waals surface area contributed by atoms with Gasteiger partial charge in [-0.2, -0.15) is 10.2 Å². The molecule has 0 amide bonds. The molecule has 1 saturated heterocycles. The number of anilines is 3. The Morgan fingerprint density at radius 1 is 1.16 bits per heavy atom. The van der Waals surface area contributed by atoms with Crippen LogP contribution < -0.4 is 21.1 Å². The number of ether oxygens (including phenoxy) is 1. The monoisotopic (exact) mass is 358 g/mol. The van der Waals surface area contributed by atoms with E-state index in [0.29, 0.717) is 46.2 Å². The highest BCUT2D eigenvalue weighted by Crippen LogP contribution is 2.42. The summed E-state index contributed by atoms with van der Waals surface area (Å²) in [5.41, 5.74) is 13.7. The highest BCUT2D eigenvalue weighted by molar-refractivity contribution is 6.18. The lowest BCUT2D eigenvalue weighted by atomic mass is 9.99. The van der Waals surface area contributed by atoms with Crippen LogP contribution in [0.15, 0.2) is 0 Å². The average molecular weight is 359 g/mol. The molecule has 0 radical (unpaired) electrons. The van der Waals surface area contributed by atoms with Crippen LogP contribution in [0.1, 0.15) is 30.4 Å². The number of halogens is 1. The van der Waals surface area contributed by atoms with Crippen LogP contribution in [0.2, 0.25) is 0 Å². The summed E-state index contributed by atoms with van der Waals surface area (Å²) in [5.74, 6) is 1.96. The summed E-state index contributed by atoms with van der Waals surface area (Å²) >= 11 is 5.95. The van der Waals surface area contributed by atoms with Crippen LogP contribution in [0.3, 0.4) is 0 Å². The fourth-order valence-electron chi connectivity index (χ4n) is 3.73. The number of nitrogen functional groups attached to an aromatic ring is 2. The molecule has 0 aliphatic carbocycles. The Bertz CT molecular complexity index is 887. The van der Waals surface area contributed by atoms with Crippen molar-refractivity contribution in [3.05, 3.63) is 11.1 Å². The predicted octanol–water partition coefficient (Wildman–Crippen LogP) is 2.20. The summed E-state index contributed by atoms with van der Waals surface area (Å²) in [7, 11) is 0. The largest absolute Gasteiger partial charge is 0.472 e. The predicted molar refractivity (Wildman–Crippen MR) is 98.0 cm³/mol. The van der Waals surface area contributed by atoms with Crippen molar-refractivity contribution in [2.75, 3.05) is 35.3 Å². The Morgan fingerprint density at radius 3 is 2.56 bits per heavy atom. The number of fused-ring (bicyclic) bond motifs is 3. The number of hydrogen-bond donors (Lipinski definition) is 2. The first kappa shape index (κ1) is 16.0. The third kappa shape index (κ3) is 2.48. The molecule has 0 aromatic carbocycles. The zero-order valence-electron chi connectivity index (χ0n) is 13.8. The molecule has 4 rings (SSSR count). The summed E-state index contributed by atoms with van der Waals surface area (Å²) in [4.78, 5) is 11.0. The lowest BCUT2D eigenvalue weighted by molar-refractivity contribution is 0.250. The molecular weight excluding hydrogens is 340 g/mol. The Hall–Kier alpha value is -2.46. The van der Waals surface area contributed by atoms with Gasteiger partial charge in [0.25, 0.3) is 0 Å². The van der Waals surface area contributed by atoms with Gasteiger partial charge in [-0.25, -0.2) is 4.98 Å². The lowest BCUT2D eigenvalue weighted by Crippen LogP contribution is -2.31. The Balaban J connectivity index is 2.00. The number of nitrogens with two attached hydrogens (primary N) is 2. The van der Waals surface area contributed by atoms with E-state index in [9.17, 15) is 5.26 Å². The van der Waals surface area contributed by atoms with Crippen molar-refractivity contribution in [1.82, 2.24) is 9.97 Å². The Morgan fingerprint density at radius 2 is 1.88 bits per heavy atom. The van der Waals surface area contributed by atoms with Crippen molar-refractivity contribution in [1.29, 1.82) is 5.26 Å². The van der Waals surface area contributed by atoms with Gasteiger partial charge in [-0.1, -0.05) is 0 Å². The molecule has 0 saturated carbocycles. The average Bonchev–Trinajstić information content (AvgIpc) is 3.05. The van der Waals surface area contributed by atoms with Crippen molar-refractivity contribution >= 4 is 39.8 Å². The van der Waals surface area contributed by atoms with E-state index in [1.54, 1.807) is 0 Å². The highest BCUT2D eigenvalue weighted by Gasteiger charge is 2.31. The third-order valence-electron chi connectivity index (χ3n) is 4.89. The maximum Gasteiger partial charge on any atom is 0.219 e. The van der Waals surface area contributed by atoms with Gasteiger partial charge in [-0.15, -0.1) is 11.6 Å². The lowest BCUT2D eigenvalue weighted by Gasteiger charge is -2.29. The van der Waals surface area contributed by atoms with Crippen LogP contribution in [0.5, 0.6) is 5.88 Å². The quantitative estimate of drug-likeness (QED) is 0.791. The van der Waals surface area contributed by atoms with Crippen molar-refractivity contribution < 1.29 is 4.74 Å². The Labute approximate surface area is 150 Å². The molecule has 7 nitrogen and oxygen atoms in total. The first-order valence-electron chi connectivity index (χ1n) is 8.43. The van der Waals surface area contributed by atoms with E-state index in [-0.39, 0.29) is 11.9 Å². The number of rotatable bonds is 2. The molecule has 130 valence electrons. The summed E-state index contributed by atoms with van der Waals surface area (Å²) in [6.07, 6.45) is 3.77. The molecule has 1 fully saturated rings. The minimum atomic E-state index is -0.173. The second kappa shape index (κ2) is 6.12. The molecule has 2 aliphatic heterocycles. The van der Waals surface area contributed by atoms with Crippen molar-refractivity contribution in [3.8, 4) is 11.9 Å². The van der Waals surface area contributed by atoms with Crippen LogP contribution >= 0.6 is 11.6 Å². The second-order valence-electron chi connectivity index (χ2n) is 6.48. The molecule has 2 aromatic heterocycles. The first-order valence-corrected chi connectivity index (χ1v) is 8.96. The topological polar surface area (TPSA) is 114 Å². The van der Waals surface area contributed by atoms with Crippen LogP contribution in [-0.4, -0.2) is 35.0 Å². The van der Waals surface area contributed by atoms with Crippen LogP contribution in [0, 0.1) is 11.3 Å². The molecule has 0 spiro atoms. The minimum Gasteiger partial charge on any atom is -0.472 e. The Kier molecular flexibility index (Phi) is 3.92. The number of nitriles is 1. The molecule has 8 heteroatoms. The van der Waals surface area contributed by atoms with Gasteiger partial charge in [-0.05, 0) is 19.3 Å². The maximum atomic E-state index is 9.90. The summed E-state index contributed by atoms with van der Waals surface area (Å²) in [5, 5.41) is 11.1. The number of aromatic nitrogens is 2. The van der Waals surface area contributed by atoms with Gasteiger partial charge in [-0.3, -0.25) is 0 Å². The standard InChI is InChI=1S/C17H19ClN6O/c18-7-9-6-10-12-11(8-19)16(24-4-2-1-3-5-24)22-14(20)13(12)15(21)23-17(10)25-9/h9H,1-7H2,(H2,20,22)(H2,21,23)/t9-/m1/s1. The minimum absolute atomic E-state index is 0.173. The van der Waals surface area contributed by atoms with Crippen molar-refractivity contribution in [2.24, 2.45) is 0 Å². The van der Waals surface area contributed by atoms with Gasteiger partial charge in [0.1, 0.15) is 35.2 Å². The fraction of sp³-hybridized carbons (Fsp3) is 0.471. The van der Waals surface area contributed by atoms with E-state index >= 15 is 0 Å². The van der Waals surface area contributed by atoms with Crippen molar-refractivity contribution in [3.63, 3.8) is 0 Å². The van der Waals surface area contributed by atoms with Crippen LogP contribution in [0.25, 0.3) is 10.8 Å². The molecule has 0 bridgehead atoms. The van der Waals surface area contributed by atoms with Gasteiger partial charge in [0.05, 0.1) is 11.3 Å². The molecule has 4 N–H and O–H groups in total. The van der Waals surface area contributed by atoms with Gasteiger partial charge < -0.3 is 21.1 Å². The molecular formula is C17H19ClN6O. The molecule has 0 unspecified atom stereocenters. The van der Waals surface area contributed by atoms with E-state index in [1.807, 2.05) is 0 Å². The van der Waals surface area contributed by atoms with Gasteiger partial charge >= 0.3 is 0 Å². The second-order valence-corrected chi connectivity index (χ2v) is 6.79. The molecule has 1 atom stereocenters. The fourth-order valence-corrected chi connectivity index (χ4v) is 3.90. The number of hydrogen-bond acceptors (Lipinski definition) is 7. The van der Waals surface area contributed by atoms with Gasteiger partial charge in [0.15, 0.2) is 0 Å². The summed E-state index contributed by atoms with van der Waals surface area (Å²) < 4.78 is 5.76. The van der Waals surface area contributed by atoms with E-state index in [1.165, 1.54) is 6.42 Å². The van der Waals surface area contributed by atoms with Gasteiger partial charge in [0.2, 0.25) is 5.88 Å². The summed E-state index contributed by atoms with van der Waals surface area (Å²) in [6.45, 7) is 1.74. The summed E-state index contributed by atoms with van der Waals surface area (Å²) in [6, 6.07) is 2.32. The molecule has 4 heterocycles. The number of piperidine rings is 1. The maximum absolute atomic E-state index is 9.90. The van der Waals surface area contributed by atoms with Crippen LogP contribution in [-0.2, 0) is 6.42 Å². The van der Waals surface area contributed by atoms with E-state index in [2.05, 4.69) is 20.9 Å². The molecule has 25 heavy (non-hydrogen) atoms. The van der Waals surface area contributed by atoms with E-state index in [4.69, 9.17) is 27.8 Å². The third-order valence-corrected chi connectivity index (χ3v) is 5.24. The first-order chi connectivity index (χ1) is 12.1. The highest BCUT2D eigenvalue weighted by atomic mass is 35.5. The number of pyridine rings is 2. The smallest absolute Gasteiger partial charge is 0.219 e. The zero-order valence-corrected chi connectivity index (χ0v) is 14.5. The molecule has 2 aromatic rings.